The molecular weight excluding hydrogens is 336 g/mol. The number of nitrogens with one attached hydrogen (secondary N) is 1. The molecule has 1 aromatic carbocycles. The van der Waals surface area contributed by atoms with E-state index in [9.17, 15) is 4.79 Å². The van der Waals surface area contributed by atoms with Crippen LogP contribution in [0.5, 0.6) is 0 Å². The van der Waals surface area contributed by atoms with Crippen LogP contribution in [0.25, 0.3) is 5.69 Å². The van der Waals surface area contributed by atoms with E-state index in [1.54, 1.807) is 10.7 Å². The van der Waals surface area contributed by atoms with Crippen molar-refractivity contribution < 1.29 is 4.79 Å². The van der Waals surface area contributed by atoms with E-state index in [1.807, 2.05) is 44.2 Å². The van der Waals surface area contributed by atoms with Gasteiger partial charge in [0, 0.05) is 5.69 Å². The number of carbonyl (C=O) groups is 1. The van der Waals surface area contributed by atoms with Crippen molar-refractivity contribution in [3.63, 3.8) is 0 Å². The molecule has 8 heteroatoms. The summed E-state index contributed by atoms with van der Waals surface area (Å²) in [6.07, 6.45) is 0. The second-order valence-electron chi connectivity index (χ2n) is 5.64. The molecule has 0 aliphatic rings. The number of rotatable bonds is 5. The summed E-state index contributed by atoms with van der Waals surface area (Å²) in [5.41, 5.74) is 4.09. The van der Waals surface area contributed by atoms with E-state index >= 15 is 0 Å². The maximum atomic E-state index is 12.1. The molecule has 25 heavy (non-hydrogen) atoms. The fourth-order valence-electron chi connectivity index (χ4n) is 2.21. The molecule has 7 nitrogen and oxygen atoms in total. The van der Waals surface area contributed by atoms with Gasteiger partial charge < -0.3 is 5.32 Å². The number of benzene rings is 1. The van der Waals surface area contributed by atoms with E-state index in [1.165, 1.54) is 17.3 Å². The highest BCUT2D eigenvalue weighted by Gasteiger charge is 2.12. The Hall–Kier alpha value is -2.74. The Kier molecular flexibility index (Phi) is 5.08. The lowest BCUT2D eigenvalue weighted by molar-refractivity contribution is -0.113. The minimum atomic E-state index is -0.155. The number of nitrogens with zero attached hydrogens (tertiary/aromatic N) is 5. The van der Waals surface area contributed by atoms with Gasteiger partial charge in [-0.2, -0.15) is 4.68 Å². The SMILES string of the molecule is Cc1cccc(NC(=O)CSc2nnnn2-c2ccc(C)c(C)c2)n1. The predicted molar refractivity (Wildman–Crippen MR) is 97.0 cm³/mol. The zero-order chi connectivity index (χ0) is 17.8. The van der Waals surface area contributed by atoms with Crippen LogP contribution in [0, 0.1) is 20.8 Å². The first-order valence-electron chi connectivity index (χ1n) is 7.75. The van der Waals surface area contributed by atoms with Crippen LogP contribution in [0.3, 0.4) is 0 Å². The van der Waals surface area contributed by atoms with Gasteiger partial charge in [0.1, 0.15) is 5.82 Å². The van der Waals surface area contributed by atoms with Gasteiger partial charge in [0.2, 0.25) is 11.1 Å². The molecule has 2 heterocycles. The third-order valence-electron chi connectivity index (χ3n) is 3.66. The Morgan fingerprint density at radius 3 is 2.76 bits per heavy atom. The summed E-state index contributed by atoms with van der Waals surface area (Å²) in [5.74, 6) is 0.581. The largest absolute Gasteiger partial charge is 0.310 e. The van der Waals surface area contributed by atoms with Crippen LogP contribution >= 0.6 is 11.8 Å². The molecule has 3 rings (SSSR count). The maximum absolute atomic E-state index is 12.1. The molecule has 0 atom stereocenters. The summed E-state index contributed by atoms with van der Waals surface area (Å²) in [7, 11) is 0. The minimum absolute atomic E-state index is 0.155. The molecule has 0 fully saturated rings. The summed E-state index contributed by atoms with van der Waals surface area (Å²) in [5, 5.41) is 15.1. The number of thioether (sulfide) groups is 1. The van der Waals surface area contributed by atoms with Crippen molar-refractivity contribution in [3.05, 3.63) is 53.2 Å². The van der Waals surface area contributed by atoms with Crippen LogP contribution in [0.15, 0.2) is 41.6 Å². The number of pyridine rings is 1. The topological polar surface area (TPSA) is 85.6 Å². The Balaban J connectivity index is 1.67. The lowest BCUT2D eigenvalue weighted by atomic mass is 10.1. The van der Waals surface area contributed by atoms with Crippen molar-refractivity contribution in [2.24, 2.45) is 0 Å². The van der Waals surface area contributed by atoms with Crippen LogP contribution in [-0.4, -0.2) is 36.9 Å². The number of aromatic nitrogens is 5. The fourth-order valence-corrected chi connectivity index (χ4v) is 2.90. The van der Waals surface area contributed by atoms with Crippen molar-refractivity contribution in [1.82, 2.24) is 25.2 Å². The van der Waals surface area contributed by atoms with Crippen LogP contribution < -0.4 is 5.32 Å². The number of aryl methyl sites for hydroxylation is 3. The van der Waals surface area contributed by atoms with Crippen LogP contribution in [0.1, 0.15) is 16.8 Å². The van der Waals surface area contributed by atoms with Gasteiger partial charge in [-0.05, 0) is 66.6 Å². The molecule has 2 aromatic heterocycles. The van der Waals surface area contributed by atoms with Crippen LogP contribution in [0.2, 0.25) is 0 Å². The number of hydrogen-bond acceptors (Lipinski definition) is 6. The summed E-state index contributed by atoms with van der Waals surface area (Å²) in [6, 6.07) is 11.5. The van der Waals surface area contributed by atoms with Crippen LogP contribution in [-0.2, 0) is 4.79 Å². The van der Waals surface area contributed by atoms with Gasteiger partial charge >= 0.3 is 0 Å². The van der Waals surface area contributed by atoms with Gasteiger partial charge in [-0.1, -0.05) is 23.9 Å². The van der Waals surface area contributed by atoms with Crippen molar-refractivity contribution in [2.75, 3.05) is 11.1 Å². The Bertz CT molecular complexity index is 908. The smallest absolute Gasteiger partial charge is 0.236 e. The maximum Gasteiger partial charge on any atom is 0.236 e. The van der Waals surface area contributed by atoms with Crippen molar-refractivity contribution >= 4 is 23.5 Å². The van der Waals surface area contributed by atoms with Crippen molar-refractivity contribution in [3.8, 4) is 5.69 Å². The normalized spacial score (nSPS) is 10.7. The fraction of sp³-hybridized carbons (Fsp3) is 0.235. The van der Waals surface area contributed by atoms with E-state index in [-0.39, 0.29) is 11.7 Å². The molecular formula is C17H18N6OS. The second kappa shape index (κ2) is 7.43. The highest BCUT2D eigenvalue weighted by atomic mass is 32.2. The van der Waals surface area contributed by atoms with E-state index in [0.29, 0.717) is 11.0 Å². The average molecular weight is 354 g/mol. The minimum Gasteiger partial charge on any atom is -0.310 e. The van der Waals surface area contributed by atoms with Gasteiger partial charge in [0.25, 0.3) is 0 Å². The average Bonchev–Trinajstić information content (AvgIpc) is 3.04. The lowest BCUT2D eigenvalue weighted by Crippen LogP contribution is -2.15. The molecule has 128 valence electrons. The second-order valence-corrected chi connectivity index (χ2v) is 6.59. The molecule has 0 bridgehead atoms. The van der Waals surface area contributed by atoms with Gasteiger partial charge in [-0.15, -0.1) is 5.10 Å². The number of carbonyl (C=O) groups excluding carboxylic acids is 1. The highest BCUT2D eigenvalue weighted by Crippen LogP contribution is 2.20. The number of amides is 1. The first-order valence-corrected chi connectivity index (χ1v) is 8.74. The zero-order valence-electron chi connectivity index (χ0n) is 14.2. The van der Waals surface area contributed by atoms with Gasteiger partial charge in [-0.3, -0.25) is 4.79 Å². The van der Waals surface area contributed by atoms with E-state index in [2.05, 4.69) is 32.7 Å². The standard InChI is InChI=1S/C17H18N6OS/c1-11-7-8-14(9-12(11)2)23-17(20-21-22-23)25-10-16(24)19-15-6-4-5-13(3)18-15/h4-9H,10H2,1-3H3,(H,18,19,24). The molecule has 3 aromatic rings. The van der Waals surface area contributed by atoms with Gasteiger partial charge in [-0.25, -0.2) is 4.98 Å². The molecule has 0 radical (unpaired) electrons. The first kappa shape index (κ1) is 17.1. The summed E-state index contributed by atoms with van der Waals surface area (Å²) >= 11 is 1.28. The monoisotopic (exact) mass is 354 g/mol. The number of tetrazole rings is 1. The van der Waals surface area contributed by atoms with Crippen molar-refractivity contribution in [2.45, 2.75) is 25.9 Å². The van der Waals surface area contributed by atoms with Crippen molar-refractivity contribution in [1.29, 1.82) is 0 Å². The molecule has 0 aliphatic heterocycles. The van der Waals surface area contributed by atoms with E-state index < -0.39 is 0 Å². The lowest BCUT2D eigenvalue weighted by Gasteiger charge is -2.07. The van der Waals surface area contributed by atoms with Gasteiger partial charge in [0.05, 0.1) is 11.4 Å². The number of hydrogen-bond donors (Lipinski definition) is 1. The van der Waals surface area contributed by atoms with Gasteiger partial charge in [0.15, 0.2) is 0 Å². The molecule has 0 spiro atoms. The van der Waals surface area contributed by atoms with Crippen LogP contribution in [0.4, 0.5) is 5.82 Å². The Labute approximate surface area is 149 Å². The molecule has 1 N–H and O–H groups in total. The third-order valence-corrected chi connectivity index (χ3v) is 4.58. The summed E-state index contributed by atoms with van der Waals surface area (Å²) in [6.45, 7) is 5.97. The van der Waals surface area contributed by atoms with E-state index in [4.69, 9.17) is 0 Å². The third kappa shape index (κ3) is 4.21. The summed E-state index contributed by atoms with van der Waals surface area (Å²) in [4.78, 5) is 16.4. The molecule has 0 unspecified atom stereocenters. The Morgan fingerprint density at radius 1 is 1.16 bits per heavy atom. The predicted octanol–water partition coefficient (Wildman–Crippen LogP) is 2.71. The Morgan fingerprint density at radius 2 is 2.00 bits per heavy atom. The number of anilines is 1. The van der Waals surface area contributed by atoms with E-state index in [0.717, 1.165) is 16.9 Å². The summed E-state index contributed by atoms with van der Waals surface area (Å²) < 4.78 is 1.63. The highest BCUT2D eigenvalue weighted by molar-refractivity contribution is 7.99. The molecule has 0 aliphatic carbocycles. The zero-order valence-corrected chi connectivity index (χ0v) is 15.0. The molecule has 1 amide bonds. The quantitative estimate of drug-likeness (QED) is 0.709. The molecule has 0 saturated carbocycles. The molecule has 0 saturated heterocycles. The first-order chi connectivity index (χ1) is 12.0.